The molecule has 0 aliphatic heterocycles. The largest absolute Gasteiger partial charge is 0.292 e. The average Bonchev–Trinajstić information content (AvgIpc) is 2.50. The minimum atomic E-state index is 0.649. The van der Waals surface area contributed by atoms with Crippen molar-refractivity contribution in [1.29, 1.82) is 0 Å². The van der Waals surface area contributed by atoms with Crippen molar-refractivity contribution in [3.8, 4) is 0 Å². The highest BCUT2D eigenvalue weighted by Crippen LogP contribution is 2.17. The Morgan fingerprint density at radius 1 is 0.700 bits per heavy atom. The van der Waals surface area contributed by atoms with Gasteiger partial charge in [-0.2, -0.15) is 0 Å². The first-order valence-electron chi connectivity index (χ1n) is 7.65. The van der Waals surface area contributed by atoms with Crippen molar-refractivity contribution in [2.45, 2.75) is 45.8 Å². The van der Waals surface area contributed by atoms with Crippen molar-refractivity contribution < 1.29 is 0 Å². The van der Waals surface area contributed by atoms with E-state index in [-0.39, 0.29) is 0 Å². The van der Waals surface area contributed by atoms with Crippen LogP contribution in [-0.4, -0.2) is 10.9 Å². The molecule has 0 N–H and O–H groups in total. The maximum absolute atomic E-state index is 2.60. The fourth-order valence-electron chi connectivity index (χ4n) is 2.76. The van der Waals surface area contributed by atoms with Gasteiger partial charge in [-0.25, -0.2) is 0 Å². The number of rotatable bonds is 7. The van der Waals surface area contributed by atoms with Crippen LogP contribution in [0.5, 0.6) is 0 Å². The molecule has 1 nitrogen and oxygen atoms in total. The van der Waals surface area contributed by atoms with Gasteiger partial charge in [0, 0.05) is 19.1 Å². The Morgan fingerprint density at radius 2 is 1.10 bits per heavy atom. The lowest BCUT2D eigenvalue weighted by molar-refractivity contribution is 0.168. The van der Waals surface area contributed by atoms with Crippen LogP contribution >= 0.6 is 0 Å². The number of hydrogen-bond acceptors (Lipinski definition) is 1. The van der Waals surface area contributed by atoms with Crippen molar-refractivity contribution in [3.05, 3.63) is 71.8 Å². The van der Waals surface area contributed by atoms with Crippen LogP contribution in [0.15, 0.2) is 60.7 Å². The third-order valence-electron chi connectivity index (χ3n) is 3.92. The first-order valence-corrected chi connectivity index (χ1v) is 7.65. The molecule has 0 aliphatic rings. The van der Waals surface area contributed by atoms with Gasteiger partial charge in [0.05, 0.1) is 0 Å². The van der Waals surface area contributed by atoms with Gasteiger partial charge in [0.2, 0.25) is 0 Å². The Bertz CT molecular complexity index is 432. The van der Waals surface area contributed by atoms with Gasteiger partial charge in [-0.1, -0.05) is 74.5 Å². The van der Waals surface area contributed by atoms with Crippen LogP contribution in [0.3, 0.4) is 0 Å². The molecule has 2 rings (SSSR count). The van der Waals surface area contributed by atoms with Crippen LogP contribution in [0.25, 0.3) is 0 Å². The van der Waals surface area contributed by atoms with Crippen molar-refractivity contribution in [2.24, 2.45) is 0 Å². The summed E-state index contributed by atoms with van der Waals surface area (Å²) in [7, 11) is 0. The van der Waals surface area contributed by atoms with E-state index in [0.29, 0.717) is 6.04 Å². The number of hydrogen-bond donors (Lipinski definition) is 0. The van der Waals surface area contributed by atoms with Crippen LogP contribution in [0.1, 0.15) is 37.8 Å². The summed E-state index contributed by atoms with van der Waals surface area (Å²) in [6.45, 7) is 6.64. The Kier molecular flexibility index (Phi) is 5.82. The van der Waals surface area contributed by atoms with E-state index in [9.17, 15) is 0 Å². The number of benzene rings is 2. The minimum Gasteiger partial charge on any atom is -0.292 e. The Morgan fingerprint density at radius 3 is 1.45 bits per heavy atom. The highest BCUT2D eigenvalue weighted by molar-refractivity contribution is 5.17. The van der Waals surface area contributed by atoms with Gasteiger partial charge < -0.3 is 0 Å². The van der Waals surface area contributed by atoms with E-state index in [1.54, 1.807) is 0 Å². The fourth-order valence-corrected chi connectivity index (χ4v) is 2.76. The zero-order chi connectivity index (χ0) is 14.2. The summed E-state index contributed by atoms with van der Waals surface area (Å²) >= 11 is 0. The van der Waals surface area contributed by atoms with E-state index < -0.39 is 0 Å². The van der Waals surface area contributed by atoms with Crippen molar-refractivity contribution in [1.82, 2.24) is 4.90 Å². The van der Waals surface area contributed by atoms with Crippen molar-refractivity contribution in [3.63, 3.8) is 0 Å². The molecule has 0 unspecified atom stereocenters. The van der Waals surface area contributed by atoms with Gasteiger partial charge in [0.15, 0.2) is 0 Å². The summed E-state index contributed by atoms with van der Waals surface area (Å²) in [4.78, 5) is 2.60. The predicted molar refractivity (Wildman–Crippen MR) is 86.5 cm³/mol. The molecule has 0 saturated heterocycles. The Labute approximate surface area is 123 Å². The Hall–Kier alpha value is -1.60. The summed E-state index contributed by atoms with van der Waals surface area (Å²) in [5, 5.41) is 0. The van der Waals surface area contributed by atoms with Crippen LogP contribution in [-0.2, 0) is 13.1 Å². The molecule has 0 aliphatic carbocycles. The summed E-state index contributed by atoms with van der Waals surface area (Å²) in [5.74, 6) is 0. The maximum atomic E-state index is 2.60. The summed E-state index contributed by atoms with van der Waals surface area (Å²) in [6, 6.07) is 22.2. The molecule has 106 valence electrons. The highest BCUT2D eigenvalue weighted by Gasteiger charge is 2.15. The first-order chi connectivity index (χ1) is 9.83. The van der Waals surface area contributed by atoms with Crippen LogP contribution in [0, 0.1) is 0 Å². The molecule has 20 heavy (non-hydrogen) atoms. The second kappa shape index (κ2) is 7.86. The lowest BCUT2D eigenvalue weighted by atomic mass is 10.1. The topological polar surface area (TPSA) is 3.24 Å². The lowest BCUT2D eigenvalue weighted by Gasteiger charge is -2.30. The van der Waals surface area contributed by atoms with Gasteiger partial charge in [-0.15, -0.1) is 0 Å². The molecule has 0 spiro atoms. The smallest absolute Gasteiger partial charge is 0.0240 e. The quantitative estimate of drug-likeness (QED) is 0.691. The molecule has 2 aromatic rings. The van der Waals surface area contributed by atoms with Crippen molar-refractivity contribution >= 4 is 0 Å². The van der Waals surface area contributed by atoms with Crippen molar-refractivity contribution in [2.75, 3.05) is 0 Å². The molecule has 0 radical (unpaired) electrons. The normalized spacial score (nSPS) is 11.2. The standard InChI is InChI=1S/C19H25N/c1-3-19(4-2)20(15-17-11-7-5-8-12-17)16-18-13-9-6-10-14-18/h5-14,19H,3-4,15-16H2,1-2H3. The average molecular weight is 267 g/mol. The van der Waals surface area contributed by atoms with Crippen LogP contribution in [0.2, 0.25) is 0 Å². The molecule has 0 heterocycles. The molecule has 0 aromatic heterocycles. The zero-order valence-corrected chi connectivity index (χ0v) is 12.6. The summed E-state index contributed by atoms with van der Waals surface area (Å²) in [6.07, 6.45) is 2.41. The van der Waals surface area contributed by atoms with Gasteiger partial charge in [-0.05, 0) is 24.0 Å². The van der Waals surface area contributed by atoms with Crippen LogP contribution < -0.4 is 0 Å². The van der Waals surface area contributed by atoms with Gasteiger partial charge in [0.25, 0.3) is 0 Å². The van der Waals surface area contributed by atoms with Gasteiger partial charge in [-0.3, -0.25) is 4.90 Å². The summed E-state index contributed by atoms with van der Waals surface area (Å²) < 4.78 is 0. The third-order valence-corrected chi connectivity index (χ3v) is 3.92. The molecule has 0 fully saturated rings. The van der Waals surface area contributed by atoms with E-state index in [1.165, 1.54) is 24.0 Å². The van der Waals surface area contributed by atoms with E-state index in [2.05, 4.69) is 79.4 Å². The molecular weight excluding hydrogens is 242 g/mol. The zero-order valence-electron chi connectivity index (χ0n) is 12.6. The van der Waals surface area contributed by atoms with Gasteiger partial charge >= 0.3 is 0 Å². The lowest BCUT2D eigenvalue weighted by Crippen LogP contribution is -2.33. The molecule has 0 saturated carbocycles. The fraction of sp³-hybridized carbons (Fsp3) is 0.368. The molecule has 0 atom stereocenters. The molecule has 2 aromatic carbocycles. The molecular formula is C19H25N. The minimum absolute atomic E-state index is 0.649. The second-order valence-corrected chi connectivity index (χ2v) is 5.35. The summed E-state index contributed by atoms with van der Waals surface area (Å²) in [5.41, 5.74) is 2.80. The predicted octanol–water partition coefficient (Wildman–Crippen LogP) is 4.88. The van der Waals surface area contributed by atoms with Gasteiger partial charge in [0.1, 0.15) is 0 Å². The monoisotopic (exact) mass is 267 g/mol. The molecule has 0 amide bonds. The third kappa shape index (κ3) is 4.21. The SMILES string of the molecule is CCC(CC)N(Cc1ccccc1)Cc1ccccc1. The van der Waals surface area contributed by atoms with Crippen LogP contribution in [0.4, 0.5) is 0 Å². The van der Waals surface area contributed by atoms with E-state index >= 15 is 0 Å². The highest BCUT2D eigenvalue weighted by atomic mass is 15.1. The van der Waals surface area contributed by atoms with E-state index in [1.807, 2.05) is 0 Å². The van der Waals surface area contributed by atoms with E-state index in [4.69, 9.17) is 0 Å². The molecule has 0 bridgehead atoms. The second-order valence-electron chi connectivity index (χ2n) is 5.35. The van der Waals surface area contributed by atoms with E-state index in [0.717, 1.165) is 13.1 Å². The first kappa shape index (κ1) is 14.8. The Balaban J connectivity index is 2.12. The number of nitrogens with zero attached hydrogens (tertiary/aromatic N) is 1. The molecule has 1 heteroatoms. The maximum Gasteiger partial charge on any atom is 0.0240 e.